The highest BCUT2D eigenvalue weighted by atomic mass is 32.2. The molecular weight excluding hydrogens is 314 g/mol. The van der Waals surface area contributed by atoms with Crippen LogP contribution in [0.25, 0.3) is 0 Å². The lowest BCUT2D eigenvalue weighted by Crippen LogP contribution is -2.42. The highest BCUT2D eigenvalue weighted by Crippen LogP contribution is 2.33. The number of carbonyl (C=O) groups is 1. The average Bonchev–Trinajstić information content (AvgIpc) is 2.87. The van der Waals surface area contributed by atoms with Gasteiger partial charge in [-0.1, -0.05) is 0 Å². The van der Waals surface area contributed by atoms with Crippen LogP contribution in [0.2, 0.25) is 0 Å². The number of benzene rings is 1. The molecule has 0 radical (unpaired) electrons. The summed E-state index contributed by atoms with van der Waals surface area (Å²) in [4.78, 5) is 11.4. The molecule has 8 heteroatoms. The number of hydrogen-bond donors (Lipinski definition) is 1. The number of ether oxygens (including phenoxy) is 1. The first-order chi connectivity index (χ1) is 9.78. The van der Waals surface area contributed by atoms with Gasteiger partial charge in [0.2, 0.25) is 10.0 Å². The molecule has 21 heavy (non-hydrogen) atoms. The fourth-order valence-electron chi connectivity index (χ4n) is 2.41. The lowest BCUT2D eigenvalue weighted by atomic mass is 10.1. The fourth-order valence-corrected chi connectivity index (χ4v) is 5.96. The molecular formula is C13H17NO5S2. The molecule has 1 aliphatic heterocycles. The van der Waals surface area contributed by atoms with Gasteiger partial charge < -0.3 is 9.84 Å². The molecule has 1 N–H and O–H groups in total. The number of hydrogen-bond acceptors (Lipinski definition) is 5. The van der Waals surface area contributed by atoms with Crippen molar-refractivity contribution in [3.63, 3.8) is 0 Å². The summed E-state index contributed by atoms with van der Waals surface area (Å²) in [6.07, 6.45) is 0. The third-order valence-electron chi connectivity index (χ3n) is 3.36. The highest BCUT2D eigenvalue weighted by Gasteiger charge is 2.41. The minimum absolute atomic E-state index is 0.157. The monoisotopic (exact) mass is 331 g/mol. The van der Waals surface area contributed by atoms with E-state index in [0.29, 0.717) is 16.9 Å². The van der Waals surface area contributed by atoms with Crippen LogP contribution in [-0.4, -0.2) is 48.6 Å². The van der Waals surface area contributed by atoms with Gasteiger partial charge in [0.05, 0.1) is 17.9 Å². The van der Waals surface area contributed by atoms with Crippen molar-refractivity contribution in [3.8, 4) is 5.75 Å². The Hall–Kier alpha value is -1.25. The lowest BCUT2D eigenvalue weighted by Gasteiger charge is -2.22. The number of methoxy groups -OCH3 is 1. The van der Waals surface area contributed by atoms with Gasteiger partial charge in [-0.3, -0.25) is 4.79 Å². The summed E-state index contributed by atoms with van der Waals surface area (Å²) in [5.74, 6) is -0.116. The first-order valence-electron chi connectivity index (χ1n) is 6.26. The van der Waals surface area contributed by atoms with Gasteiger partial charge in [0.1, 0.15) is 11.8 Å². The van der Waals surface area contributed by atoms with Gasteiger partial charge >= 0.3 is 5.97 Å². The summed E-state index contributed by atoms with van der Waals surface area (Å²) in [6.45, 7) is 3.36. The van der Waals surface area contributed by atoms with Crippen molar-refractivity contribution in [1.29, 1.82) is 0 Å². The van der Waals surface area contributed by atoms with Crippen molar-refractivity contribution in [3.05, 3.63) is 23.3 Å². The van der Waals surface area contributed by atoms with E-state index in [1.807, 2.05) is 0 Å². The lowest BCUT2D eigenvalue weighted by molar-refractivity contribution is -0.140. The molecule has 1 fully saturated rings. The minimum atomic E-state index is -3.84. The maximum Gasteiger partial charge on any atom is 0.322 e. The predicted molar refractivity (Wildman–Crippen MR) is 80.2 cm³/mol. The van der Waals surface area contributed by atoms with Crippen LogP contribution in [-0.2, 0) is 14.8 Å². The van der Waals surface area contributed by atoms with Crippen molar-refractivity contribution in [2.45, 2.75) is 24.8 Å². The Balaban J connectivity index is 2.52. The molecule has 1 saturated heterocycles. The van der Waals surface area contributed by atoms with Gasteiger partial charge in [0, 0.05) is 5.75 Å². The van der Waals surface area contributed by atoms with Crippen molar-refractivity contribution in [2.75, 3.05) is 18.7 Å². The minimum Gasteiger partial charge on any atom is -0.497 e. The molecule has 0 aliphatic carbocycles. The molecule has 1 aliphatic rings. The molecule has 2 rings (SSSR count). The molecule has 0 amide bonds. The second kappa shape index (κ2) is 5.86. The average molecular weight is 331 g/mol. The number of nitrogens with zero attached hydrogens (tertiary/aromatic N) is 1. The van der Waals surface area contributed by atoms with Crippen LogP contribution >= 0.6 is 11.8 Å². The van der Waals surface area contributed by atoms with E-state index >= 15 is 0 Å². The fraction of sp³-hybridized carbons (Fsp3) is 0.462. The molecule has 0 bridgehead atoms. The summed E-state index contributed by atoms with van der Waals surface area (Å²) >= 11 is 1.30. The number of thioether (sulfide) groups is 1. The molecule has 0 aromatic heterocycles. The van der Waals surface area contributed by atoms with Gasteiger partial charge in [0.25, 0.3) is 0 Å². The Morgan fingerprint density at radius 2 is 1.95 bits per heavy atom. The zero-order chi connectivity index (χ0) is 15.8. The molecule has 0 spiro atoms. The molecule has 1 unspecified atom stereocenters. The summed E-state index contributed by atoms with van der Waals surface area (Å²) < 4.78 is 31.8. The molecule has 1 aromatic rings. The quantitative estimate of drug-likeness (QED) is 0.899. The number of sulfonamides is 1. The Kier molecular flexibility index (Phi) is 4.50. The van der Waals surface area contributed by atoms with Crippen molar-refractivity contribution >= 4 is 27.8 Å². The molecule has 1 atom stereocenters. The van der Waals surface area contributed by atoms with E-state index in [4.69, 9.17) is 4.74 Å². The first kappa shape index (κ1) is 16.1. The maximum absolute atomic E-state index is 12.8. The van der Waals surface area contributed by atoms with Crippen molar-refractivity contribution in [2.24, 2.45) is 0 Å². The zero-order valence-corrected chi connectivity index (χ0v) is 13.6. The zero-order valence-electron chi connectivity index (χ0n) is 12.0. The Labute approximate surface area is 128 Å². The van der Waals surface area contributed by atoms with Crippen LogP contribution in [0.1, 0.15) is 11.1 Å². The van der Waals surface area contributed by atoms with Crippen LogP contribution in [0.4, 0.5) is 0 Å². The molecule has 116 valence electrons. The third kappa shape index (κ3) is 2.88. The molecule has 1 heterocycles. The van der Waals surface area contributed by atoms with Gasteiger partial charge in [0.15, 0.2) is 0 Å². The number of aliphatic carboxylic acids is 1. The van der Waals surface area contributed by atoms with Gasteiger partial charge in [-0.15, -0.1) is 11.8 Å². The first-order valence-corrected chi connectivity index (χ1v) is 8.86. The van der Waals surface area contributed by atoms with Crippen molar-refractivity contribution in [1.82, 2.24) is 4.31 Å². The van der Waals surface area contributed by atoms with E-state index in [2.05, 4.69) is 0 Å². The Bertz CT molecular complexity index is 648. The van der Waals surface area contributed by atoms with Crippen LogP contribution in [0.15, 0.2) is 17.0 Å². The summed E-state index contributed by atoms with van der Waals surface area (Å²) in [5.41, 5.74) is 1.10. The van der Waals surface area contributed by atoms with E-state index in [1.165, 1.54) is 18.9 Å². The second-order valence-corrected chi connectivity index (χ2v) is 7.66. The topological polar surface area (TPSA) is 83.9 Å². The Morgan fingerprint density at radius 3 is 2.43 bits per heavy atom. The number of aryl methyl sites for hydroxylation is 2. The summed E-state index contributed by atoms with van der Waals surface area (Å²) in [6, 6.07) is 2.26. The van der Waals surface area contributed by atoms with Gasteiger partial charge in [-0.25, -0.2) is 8.42 Å². The van der Waals surface area contributed by atoms with Crippen LogP contribution in [0.5, 0.6) is 5.75 Å². The second-order valence-electron chi connectivity index (χ2n) is 4.84. The third-order valence-corrected chi connectivity index (χ3v) is 6.70. The van der Waals surface area contributed by atoms with E-state index < -0.39 is 22.0 Å². The van der Waals surface area contributed by atoms with Crippen LogP contribution < -0.4 is 4.74 Å². The van der Waals surface area contributed by atoms with Crippen LogP contribution in [0, 0.1) is 13.8 Å². The summed E-state index contributed by atoms with van der Waals surface area (Å²) in [7, 11) is -2.33. The maximum atomic E-state index is 12.8. The number of rotatable bonds is 4. The number of carboxylic acid groups (broad SMARTS) is 1. The Morgan fingerprint density at radius 1 is 1.38 bits per heavy atom. The smallest absolute Gasteiger partial charge is 0.322 e. The van der Waals surface area contributed by atoms with E-state index in [1.54, 1.807) is 26.0 Å². The predicted octanol–water partition coefficient (Wildman–Crippen LogP) is 1.46. The van der Waals surface area contributed by atoms with Crippen LogP contribution in [0.3, 0.4) is 0 Å². The normalized spacial score (nSPS) is 19.7. The number of carboxylic acids is 1. The molecule has 6 nitrogen and oxygen atoms in total. The van der Waals surface area contributed by atoms with Crippen molar-refractivity contribution < 1.29 is 23.1 Å². The van der Waals surface area contributed by atoms with E-state index in [9.17, 15) is 18.3 Å². The van der Waals surface area contributed by atoms with E-state index in [-0.39, 0.29) is 16.5 Å². The molecule has 0 saturated carbocycles. The standard InChI is InChI=1S/C13H17NO5S2/c1-8-4-10(19-3)5-9(2)12(8)21(17,18)14-7-20-6-11(14)13(15)16/h4-5,11H,6-7H2,1-3H3,(H,15,16). The largest absolute Gasteiger partial charge is 0.497 e. The SMILES string of the molecule is COc1cc(C)c(S(=O)(=O)N2CSCC2C(=O)O)c(C)c1. The van der Waals surface area contributed by atoms with Gasteiger partial charge in [-0.05, 0) is 37.1 Å². The summed E-state index contributed by atoms with van der Waals surface area (Å²) in [5, 5.41) is 9.18. The highest BCUT2D eigenvalue weighted by molar-refractivity contribution is 8.00. The van der Waals surface area contributed by atoms with E-state index in [0.717, 1.165) is 4.31 Å². The molecule has 1 aromatic carbocycles. The van der Waals surface area contributed by atoms with Gasteiger partial charge in [-0.2, -0.15) is 4.31 Å².